The Morgan fingerprint density at radius 2 is 1.72 bits per heavy atom. The van der Waals surface area contributed by atoms with Gasteiger partial charge in [-0.1, -0.05) is 54.6 Å². The van der Waals surface area contributed by atoms with Gasteiger partial charge >= 0.3 is 0 Å². The molecular formula is C21H21NO2S. The Balaban J connectivity index is 1.50. The second-order valence-corrected chi connectivity index (χ2v) is 6.86. The van der Waals surface area contributed by atoms with Crippen LogP contribution in [0.1, 0.15) is 6.92 Å². The molecule has 4 heteroatoms. The van der Waals surface area contributed by atoms with Crippen LogP contribution >= 0.6 is 11.8 Å². The van der Waals surface area contributed by atoms with Crippen LogP contribution in [0.4, 0.5) is 0 Å². The van der Waals surface area contributed by atoms with Crippen LogP contribution in [0.2, 0.25) is 0 Å². The number of carbonyl (C=O) groups excluding carboxylic acids is 1. The Kier molecular flexibility index (Phi) is 5.96. The molecule has 0 saturated carbocycles. The highest BCUT2D eigenvalue weighted by Crippen LogP contribution is 2.26. The van der Waals surface area contributed by atoms with Crippen molar-refractivity contribution >= 4 is 28.4 Å². The summed E-state index contributed by atoms with van der Waals surface area (Å²) in [7, 11) is 0. The number of amides is 1. The minimum absolute atomic E-state index is 0.0957. The van der Waals surface area contributed by atoms with Gasteiger partial charge in [0, 0.05) is 22.6 Å². The van der Waals surface area contributed by atoms with Crippen LogP contribution in [0.15, 0.2) is 77.7 Å². The predicted molar refractivity (Wildman–Crippen MR) is 104 cm³/mol. The molecule has 0 heterocycles. The maximum absolute atomic E-state index is 12.2. The molecule has 1 N–H and O–H groups in total. The molecule has 1 amide bonds. The number of hydrogen-bond donors (Lipinski definition) is 1. The Bertz CT molecular complexity index is 830. The van der Waals surface area contributed by atoms with Crippen molar-refractivity contribution in [3.8, 4) is 5.75 Å². The summed E-state index contributed by atoms with van der Waals surface area (Å²) in [5.41, 5.74) is 0. The highest BCUT2D eigenvalue weighted by Gasteiger charge is 2.15. The fourth-order valence-electron chi connectivity index (χ4n) is 2.55. The van der Waals surface area contributed by atoms with E-state index < -0.39 is 6.10 Å². The van der Waals surface area contributed by atoms with E-state index >= 15 is 0 Å². The van der Waals surface area contributed by atoms with Crippen molar-refractivity contribution in [1.29, 1.82) is 0 Å². The van der Waals surface area contributed by atoms with Crippen molar-refractivity contribution in [2.24, 2.45) is 0 Å². The minimum atomic E-state index is -0.535. The van der Waals surface area contributed by atoms with E-state index in [2.05, 4.69) is 17.4 Å². The lowest BCUT2D eigenvalue weighted by atomic mass is 10.1. The first kappa shape index (κ1) is 17.4. The van der Waals surface area contributed by atoms with Gasteiger partial charge in [0.05, 0.1) is 0 Å². The van der Waals surface area contributed by atoms with Crippen molar-refractivity contribution in [2.45, 2.75) is 17.9 Å². The first-order valence-electron chi connectivity index (χ1n) is 8.34. The fraction of sp³-hybridized carbons (Fsp3) is 0.190. The number of benzene rings is 3. The monoisotopic (exact) mass is 351 g/mol. The molecule has 128 valence electrons. The van der Waals surface area contributed by atoms with E-state index in [4.69, 9.17) is 4.74 Å². The second-order valence-electron chi connectivity index (χ2n) is 5.69. The third-order valence-corrected chi connectivity index (χ3v) is 4.85. The van der Waals surface area contributed by atoms with Crippen molar-refractivity contribution in [3.05, 3.63) is 72.8 Å². The molecule has 0 fully saturated rings. The highest BCUT2D eigenvalue weighted by atomic mass is 32.2. The van der Waals surface area contributed by atoms with Gasteiger partial charge in [-0.3, -0.25) is 4.79 Å². The summed E-state index contributed by atoms with van der Waals surface area (Å²) in [4.78, 5) is 13.5. The van der Waals surface area contributed by atoms with Gasteiger partial charge in [0.2, 0.25) is 0 Å². The summed E-state index contributed by atoms with van der Waals surface area (Å²) in [5.74, 6) is 1.47. The summed E-state index contributed by atoms with van der Waals surface area (Å²) in [6, 6.07) is 24.1. The van der Waals surface area contributed by atoms with Gasteiger partial charge in [-0.2, -0.15) is 0 Å². The second kappa shape index (κ2) is 8.58. The van der Waals surface area contributed by atoms with Crippen LogP contribution in [-0.4, -0.2) is 24.3 Å². The van der Waals surface area contributed by atoms with E-state index in [9.17, 15) is 4.79 Å². The van der Waals surface area contributed by atoms with Crippen molar-refractivity contribution in [2.75, 3.05) is 12.3 Å². The molecule has 1 atom stereocenters. The summed E-state index contributed by atoms with van der Waals surface area (Å²) < 4.78 is 5.89. The zero-order valence-electron chi connectivity index (χ0n) is 14.1. The molecule has 3 rings (SSSR count). The smallest absolute Gasteiger partial charge is 0.260 e. The third kappa shape index (κ3) is 4.77. The van der Waals surface area contributed by atoms with E-state index in [0.29, 0.717) is 6.54 Å². The first-order valence-corrected chi connectivity index (χ1v) is 9.32. The lowest BCUT2D eigenvalue weighted by Crippen LogP contribution is -2.37. The first-order chi connectivity index (χ1) is 12.2. The van der Waals surface area contributed by atoms with Gasteiger partial charge in [-0.05, 0) is 30.5 Å². The van der Waals surface area contributed by atoms with Crippen LogP contribution in [0.5, 0.6) is 5.75 Å². The van der Waals surface area contributed by atoms with Gasteiger partial charge in [0.15, 0.2) is 6.10 Å². The molecule has 3 aromatic carbocycles. The van der Waals surface area contributed by atoms with Crippen LogP contribution in [0.25, 0.3) is 10.8 Å². The van der Waals surface area contributed by atoms with E-state index in [1.54, 1.807) is 18.7 Å². The largest absolute Gasteiger partial charge is 0.480 e. The van der Waals surface area contributed by atoms with Gasteiger partial charge in [-0.15, -0.1) is 11.8 Å². The van der Waals surface area contributed by atoms with Crippen molar-refractivity contribution in [1.82, 2.24) is 5.32 Å². The molecule has 0 aromatic heterocycles. The number of carbonyl (C=O) groups is 1. The molecule has 25 heavy (non-hydrogen) atoms. The van der Waals surface area contributed by atoms with E-state index in [-0.39, 0.29) is 5.91 Å². The molecule has 0 aliphatic carbocycles. The third-order valence-electron chi connectivity index (χ3n) is 3.84. The predicted octanol–water partition coefficient (Wildman–Crippen LogP) is 4.52. The molecular weight excluding hydrogens is 330 g/mol. The van der Waals surface area contributed by atoms with Crippen LogP contribution in [0.3, 0.4) is 0 Å². The summed E-state index contributed by atoms with van der Waals surface area (Å²) in [5, 5.41) is 5.06. The Hall–Kier alpha value is -2.46. The van der Waals surface area contributed by atoms with Crippen molar-refractivity contribution < 1.29 is 9.53 Å². The lowest BCUT2D eigenvalue weighted by molar-refractivity contribution is -0.127. The topological polar surface area (TPSA) is 38.3 Å². The summed E-state index contributed by atoms with van der Waals surface area (Å²) in [6.45, 7) is 2.39. The molecule has 0 unspecified atom stereocenters. The standard InChI is InChI=1S/C21H21NO2S/c1-16(21(23)22-14-15-25-18-10-3-2-4-11-18)24-20-13-7-9-17-8-5-6-12-19(17)20/h2-13,16H,14-15H2,1H3,(H,22,23)/t16-/m1/s1. The number of hydrogen-bond acceptors (Lipinski definition) is 3. The number of thioether (sulfide) groups is 1. The van der Waals surface area contributed by atoms with Gasteiger partial charge < -0.3 is 10.1 Å². The van der Waals surface area contributed by atoms with E-state index in [1.807, 2.05) is 60.7 Å². The van der Waals surface area contributed by atoms with Crippen LogP contribution in [0, 0.1) is 0 Å². The maximum atomic E-state index is 12.2. The quantitative estimate of drug-likeness (QED) is 0.502. The average Bonchev–Trinajstić information content (AvgIpc) is 2.66. The summed E-state index contributed by atoms with van der Waals surface area (Å²) >= 11 is 1.72. The van der Waals surface area contributed by atoms with E-state index in [1.165, 1.54) is 4.90 Å². The normalized spacial score (nSPS) is 11.9. The molecule has 0 saturated heterocycles. The Morgan fingerprint density at radius 1 is 1.00 bits per heavy atom. The minimum Gasteiger partial charge on any atom is -0.480 e. The maximum Gasteiger partial charge on any atom is 0.260 e. The van der Waals surface area contributed by atoms with Crippen molar-refractivity contribution in [3.63, 3.8) is 0 Å². The fourth-order valence-corrected chi connectivity index (χ4v) is 3.34. The molecule has 0 aliphatic heterocycles. The molecule has 0 aliphatic rings. The number of ether oxygens (including phenoxy) is 1. The van der Waals surface area contributed by atoms with Crippen LogP contribution < -0.4 is 10.1 Å². The number of rotatable bonds is 7. The molecule has 0 bridgehead atoms. The molecule has 3 nitrogen and oxygen atoms in total. The van der Waals surface area contributed by atoms with Gasteiger partial charge in [0.1, 0.15) is 5.75 Å². The number of nitrogens with one attached hydrogen (secondary N) is 1. The molecule has 3 aromatic rings. The molecule has 0 spiro atoms. The summed E-state index contributed by atoms with van der Waals surface area (Å²) in [6.07, 6.45) is -0.535. The lowest BCUT2D eigenvalue weighted by Gasteiger charge is -2.16. The van der Waals surface area contributed by atoms with Gasteiger partial charge in [0.25, 0.3) is 5.91 Å². The van der Waals surface area contributed by atoms with Crippen LogP contribution in [-0.2, 0) is 4.79 Å². The Morgan fingerprint density at radius 3 is 2.56 bits per heavy atom. The zero-order valence-corrected chi connectivity index (χ0v) is 15.0. The number of fused-ring (bicyclic) bond motifs is 1. The van der Waals surface area contributed by atoms with Gasteiger partial charge in [-0.25, -0.2) is 0 Å². The Labute approximate surface area is 152 Å². The highest BCUT2D eigenvalue weighted by molar-refractivity contribution is 7.99. The average molecular weight is 351 g/mol. The molecule has 0 radical (unpaired) electrons. The zero-order chi connectivity index (χ0) is 17.5. The SMILES string of the molecule is C[C@@H](Oc1cccc2ccccc12)C(=O)NCCSc1ccccc1. The van der Waals surface area contributed by atoms with E-state index in [0.717, 1.165) is 22.3 Å².